The van der Waals surface area contributed by atoms with E-state index in [0.717, 1.165) is 0 Å². The third-order valence-corrected chi connectivity index (χ3v) is 5.11. The van der Waals surface area contributed by atoms with Gasteiger partial charge < -0.3 is 31.3 Å². The molecule has 15 heteroatoms. The number of ketones is 1. The Bertz CT molecular complexity index is 624. The number of Topliss-reactive ketones (excluding diaryl/α,β-unsaturated/α-hetero) is 1. The molecule has 35 heavy (non-hydrogen) atoms. The third kappa shape index (κ3) is 15.3. The van der Waals surface area contributed by atoms with Crippen molar-refractivity contribution in [3.05, 3.63) is 0 Å². The summed E-state index contributed by atoms with van der Waals surface area (Å²) < 4.78 is 0. The third-order valence-electron chi connectivity index (χ3n) is 5.11. The first-order valence-electron chi connectivity index (χ1n) is 11.6. The van der Waals surface area contributed by atoms with Gasteiger partial charge in [0.05, 0.1) is 61.9 Å². The van der Waals surface area contributed by atoms with E-state index in [-0.39, 0.29) is 76.5 Å². The Morgan fingerprint density at radius 3 is 1.34 bits per heavy atom. The minimum Gasteiger partial charge on any atom is -0.379 e. The highest BCUT2D eigenvalue weighted by molar-refractivity contribution is 6.09. The molecule has 0 aromatic rings. The molecular formula is C20H39B3N6O6. The number of hydrogen-bond acceptors (Lipinski definition) is 10. The smallest absolute Gasteiger partial charge is 0.234 e. The van der Waals surface area contributed by atoms with E-state index < -0.39 is 24.6 Å². The van der Waals surface area contributed by atoms with Gasteiger partial charge in [-0.25, -0.2) is 0 Å². The number of nitrogens with one attached hydrogen (secondary N) is 3. The lowest BCUT2D eigenvalue weighted by Gasteiger charge is -2.29. The van der Waals surface area contributed by atoms with Gasteiger partial charge in [0.2, 0.25) is 11.8 Å². The van der Waals surface area contributed by atoms with Crippen LogP contribution in [-0.2, 0) is 14.4 Å². The molecule has 6 radical (unpaired) electrons. The van der Waals surface area contributed by atoms with Gasteiger partial charge in [-0.05, 0) is 32.9 Å². The van der Waals surface area contributed by atoms with Crippen LogP contribution in [0.4, 0.5) is 0 Å². The monoisotopic (exact) mass is 492 g/mol. The maximum Gasteiger partial charge on any atom is 0.234 e. The SMILES string of the molecule is [B]CC(O)N(CCNC(=O)CN(CCNC(=O)CN(CCNC)C(O)C[B])C(O)C[B])CC(C)=O. The average molecular weight is 492 g/mol. The summed E-state index contributed by atoms with van der Waals surface area (Å²) in [7, 11) is 18.2. The van der Waals surface area contributed by atoms with Crippen molar-refractivity contribution in [1.82, 2.24) is 30.7 Å². The van der Waals surface area contributed by atoms with Crippen LogP contribution in [0.25, 0.3) is 0 Å². The zero-order valence-corrected chi connectivity index (χ0v) is 20.9. The fourth-order valence-electron chi connectivity index (χ4n) is 3.15. The highest BCUT2D eigenvalue weighted by atomic mass is 16.3. The zero-order chi connectivity index (χ0) is 26.8. The Hall–Kier alpha value is -1.48. The molecule has 0 bridgehead atoms. The van der Waals surface area contributed by atoms with E-state index >= 15 is 0 Å². The summed E-state index contributed by atoms with van der Waals surface area (Å²) in [6.45, 7) is 2.77. The number of rotatable bonds is 21. The Morgan fingerprint density at radius 2 is 1.03 bits per heavy atom. The summed E-state index contributed by atoms with van der Waals surface area (Å²) in [5, 5.41) is 38.3. The first kappa shape index (κ1) is 33.5. The predicted octanol–water partition coefficient (Wildman–Crippen LogP) is -4.35. The molecule has 0 aromatic heterocycles. The van der Waals surface area contributed by atoms with Gasteiger partial charge in [0, 0.05) is 39.3 Å². The van der Waals surface area contributed by atoms with E-state index in [4.69, 9.17) is 23.5 Å². The molecule has 12 nitrogen and oxygen atoms in total. The van der Waals surface area contributed by atoms with E-state index in [1.165, 1.54) is 21.6 Å². The quantitative estimate of drug-likeness (QED) is 0.0684. The van der Waals surface area contributed by atoms with Crippen LogP contribution in [0.2, 0.25) is 19.0 Å². The molecule has 0 aliphatic carbocycles. The van der Waals surface area contributed by atoms with E-state index in [0.29, 0.717) is 13.1 Å². The second-order valence-electron chi connectivity index (χ2n) is 8.07. The van der Waals surface area contributed by atoms with Gasteiger partial charge in [-0.3, -0.25) is 29.1 Å². The van der Waals surface area contributed by atoms with Crippen LogP contribution in [0.1, 0.15) is 6.92 Å². The van der Waals surface area contributed by atoms with Crippen molar-refractivity contribution < 1.29 is 29.7 Å². The molecule has 0 spiro atoms. The molecule has 0 aromatic carbocycles. The van der Waals surface area contributed by atoms with Crippen molar-refractivity contribution >= 4 is 41.1 Å². The number of carbonyl (C=O) groups excluding carboxylic acids is 3. The minimum atomic E-state index is -1.10. The molecule has 0 fully saturated rings. The lowest BCUT2D eigenvalue weighted by molar-refractivity contribution is -0.125. The van der Waals surface area contributed by atoms with Crippen molar-refractivity contribution in [2.75, 3.05) is 66.0 Å². The van der Waals surface area contributed by atoms with E-state index in [2.05, 4.69) is 16.0 Å². The first-order valence-corrected chi connectivity index (χ1v) is 11.6. The number of aliphatic hydroxyl groups is 3. The molecule has 0 aliphatic heterocycles. The summed E-state index contributed by atoms with van der Waals surface area (Å²) in [5.74, 6) is -0.895. The molecule has 0 heterocycles. The summed E-state index contributed by atoms with van der Waals surface area (Å²) in [6.07, 6.45) is -3.24. The highest BCUT2D eigenvalue weighted by Crippen LogP contribution is 2.02. The van der Waals surface area contributed by atoms with E-state index in [1.807, 2.05) is 0 Å². The average Bonchev–Trinajstić information content (AvgIpc) is 2.83. The molecule has 3 unspecified atom stereocenters. The topological polar surface area (TPSA) is 158 Å². The molecule has 0 rings (SSSR count). The Balaban J connectivity index is 4.66. The highest BCUT2D eigenvalue weighted by Gasteiger charge is 2.20. The molecule has 6 N–H and O–H groups in total. The van der Waals surface area contributed by atoms with Gasteiger partial charge in [-0.1, -0.05) is 0 Å². The van der Waals surface area contributed by atoms with E-state index in [9.17, 15) is 29.7 Å². The van der Waals surface area contributed by atoms with Gasteiger partial charge in [-0.15, -0.1) is 0 Å². The van der Waals surface area contributed by atoms with Crippen molar-refractivity contribution in [2.24, 2.45) is 0 Å². The number of nitrogens with zero attached hydrogens (tertiary/aromatic N) is 3. The Labute approximate surface area is 212 Å². The van der Waals surface area contributed by atoms with Gasteiger partial charge in [-0.2, -0.15) is 0 Å². The molecule has 0 saturated carbocycles. The maximum atomic E-state index is 12.4. The van der Waals surface area contributed by atoms with Crippen LogP contribution in [-0.4, -0.2) is 156 Å². The predicted molar refractivity (Wildman–Crippen MR) is 135 cm³/mol. The van der Waals surface area contributed by atoms with Gasteiger partial charge in [0.15, 0.2) is 0 Å². The lowest BCUT2D eigenvalue weighted by Crippen LogP contribution is -2.49. The molecular weight excluding hydrogens is 453 g/mol. The first-order chi connectivity index (χ1) is 16.6. The van der Waals surface area contributed by atoms with Gasteiger partial charge >= 0.3 is 0 Å². The zero-order valence-electron chi connectivity index (χ0n) is 20.9. The number of likely N-dealkylation sites (N-methyl/N-ethyl adjacent to an activating group) is 1. The normalized spacial score (nSPS) is 14.2. The standard InChI is InChI=1S/C20H39B3N6O6/c1-15(30)12-27(18(33)9-21)7-4-25-17(32)14-29(20(35)11-23)8-5-26-16(31)13-28(6-3-24-2)19(34)10-22/h18-20,24,33-35H,3-14H2,1-2H3,(H,25,32)(H,26,31). The van der Waals surface area contributed by atoms with Crippen LogP contribution >= 0.6 is 0 Å². The molecule has 194 valence electrons. The summed E-state index contributed by atoms with van der Waals surface area (Å²) in [5.41, 5.74) is 0. The molecule has 3 atom stereocenters. The largest absolute Gasteiger partial charge is 0.379 e. The molecule has 2 amide bonds. The van der Waals surface area contributed by atoms with Crippen molar-refractivity contribution in [3.63, 3.8) is 0 Å². The van der Waals surface area contributed by atoms with E-state index in [1.54, 1.807) is 7.05 Å². The number of hydrogen-bond donors (Lipinski definition) is 6. The van der Waals surface area contributed by atoms with Crippen LogP contribution in [0.15, 0.2) is 0 Å². The minimum absolute atomic E-state index is 0.000636. The van der Waals surface area contributed by atoms with Crippen molar-refractivity contribution in [2.45, 2.75) is 44.6 Å². The fourth-order valence-corrected chi connectivity index (χ4v) is 3.15. The fraction of sp³-hybridized carbons (Fsp3) is 0.850. The van der Waals surface area contributed by atoms with Crippen molar-refractivity contribution in [1.29, 1.82) is 0 Å². The number of aliphatic hydroxyl groups excluding tert-OH is 3. The molecule has 0 saturated heterocycles. The maximum absolute atomic E-state index is 12.4. The second kappa shape index (κ2) is 19.7. The van der Waals surface area contributed by atoms with Gasteiger partial charge in [0.1, 0.15) is 5.78 Å². The van der Waals surface area contributed by atoms with Crippen LogP contribution in [0.5, 0.6) is 0 Å². The second-order valence-corrected chi connectivity index (χ2v) is 8.07. The summed E-state index contributed by atoms with van der Waals surface area (Å²) >= 11 is 0. The Morgan fingerprint density at radius 1 is 0.686 bits per heavy atom. The number of amides is 2. The van der Waals surface area contributed by atoms with Crippen molar-refractivity contribution in [3.8, 4) is 0 Å². The Kier molecular flexibility index (Phi) is 18.9. The number of carbonyl (C=O) groups is 3. The van der Waals surface area contributed by atoms with Crippen LogP contribution in [0.3, 0.4) is 0 Å². The lowest BCUT2D eigenvalue weighted by atomic mass is 10.0. The van der Waals surface area contributed by atoms with Gasteiger partial charge in [0.25, 0.3) is 0 Å². The summed E-state index contributed by atoms with van der Waals surface area (Å²) in [4.78, 5) is 40.4. The van der Waals surface area contributed by atoms with Crippen LogP contribution in [0, 0.1) is 0 Å². The molecule has 0 aliphatic rings. The summed E-state index contributed by atoms with van der Waals surface area (Å²) in [6, 6.07) is 0. The van der Waals surface area contributed by atoms with Crippen LogP contribution < -0.4 is 16.0 Å².